The first-order chi connectivity index (χ1) is 6.16. The lowest BCUT2D eigenvalue weighted by Gasteiger charge is -1.96. The molecule has 0 atom stereocenters. The second kappa shape index (κ2) is 7.59. The number of hydrogen-bond donors (Lipinski definition) is 1. The van der Waals surface area contributed by atoms with E-state index in [0.29, 0.717) is 0 Å². The average molecular weight is 181 g/mol. The number of allylic oxidation sites excluding steroid dienone is 4. The van der Waals surface area contributed by atoms with Gasteiger partial charge in [-0.05, 0) is 33.6 Å². The monoisotopic (exact) mass is 181 g/mol. The maximum absolute atomic E-state index is 8.16. The Bertz CT molecular complexity index is 210. The summed E-state index contributed by atoms with van der Waals surface area (Å²) in [7, 11) is 0. The van der Waals surface area contributed by atoms with E-state index in [1.54, 1.807) is 0 Å². The van der Waals surface area contributed by atoms with Gasteiger partial charge in [0.25, 0.3) is 0 Å². The molecule has 0 fully saturated rings. The number of hydrogen-bond acceptors (Lipinski definition) is 2. The van der Waals surface area contributed by atoms with Crippen molar-refractivity contribution in [2.75, 3.05) is 0 Å². The molecule has 1 N–H and O–H groups in total. The minimum Gasteiger partial charge on any atom is -0.411 e. The summed E-state index contributed by atoms with van der Waals surface area (Å²) < 4.78 is 0. The Morgan fingerprint density at radius 3 is 2.46 bits per heavy atom. The van der Waals surface area contributed by atoms with Crippen LogP contribution in [0.3, 0.4) is 0 Å². The zero-order valence-corrected chi connectivity index (χ0v) is 8.75. The highest BCUT2D eigenvalue weighted by Gasteiger charge is 1.87. The van der Waals surface area contributed by atoms with Crippen LogP contribution in [0.4, 0.5) is 0 Å². The summed E-state index contributed by atoms with van der Waals surface area (Å²) in [6.45, 7) is 6.32. The minimum absolute atomic E-state index is 0.719. The summed E-state index contributed by atoms with van der Waals surface area (Å²) in [4.78, 5) is 0. The van der Waals surface area contributed by atoms with E-state index in [1.807, 2.05) is 0 Å². The van der Waals surface area contributed by atoms with Crippen molar-refractivity contribution in [1.29, 1.82) is 0 Å². The molecule has 0 radical (unpaired) electrons. The van der Waals surface area contributed by atoms with Crippen LogP contribution < -0.4 is 0 Å². The minimum atomic E-state index is 0.719. The Hall–Kier alpha value is -1.05. The van der Waals surface area contributed by atoms with Gasteiger partial charge in [-0.3, -0.25) is 0 Å². The van der Waals surface area contributed by atoms with E-state index in [0.717, 1.165) is 19.3 Å². The highest BCUT2D eigenvalue weighted by molar-refractivity contribution is 5.58. The quantitative estimate of drug-likeness (QED) is 0.299. The molecule has 0 saturated carbocycles. The molecule has 74 valence electrons. The first-order valence-corrected chi connectivity index (χ1v) is 4.61. The lowest BCUT2D eigenvalue weighted by atomic mass is 10.1. The maximum Gasteiger partial charge on any atom is 0.0473 e. The fourth-order valence-electron chi connectivity index (χ4n) is 0.992. The summed E-state index contributed by atoms with van der Waals surface area (Å²) in [5.41, 5.74) is 2.71. The molecule has 2 nitrogen and oxygen atoms in total. The van der Waals surface area contributed by atoms with Gasteiger partial charge in [0.1, 0.15) is 0 Å². The Balaban J connectivity index is 3.67. The second-order valence-electron chi connectivity index (χ2n) is 3.40. The Morgan fingerprint density at radius 1 is 1.23 bits per heavy atom. The largest absolute Gasteiger partial charge is 0.411 e. The van der Waals surface area contributed by atoms with Gasteiger partial charge >= 0.3 is 0 Å². The van der Waals surface area contributed by atoms with Crippen LogP contribution in [-0.2, 0) is 0 Å². The predicted octanol–water partition coefficient (Wildman–Crippen LogP) is 3.53. The summed E-state index contributed by atoms with van der Waals surface area (Å²) in [6.07, 6.45) is 8.71. The van der Waals surface area contributed by atoms with Crippen LogP contribution in [0.5, 0.6) is 0 Å². The molecule has 0 amide bonds. The molecular formula is C11H19NO. The van der Waals surface area contributed by atoms with Gasteiger partial charge < -0.3 is 5.21 Å². The summed E-state index contributed by atoms with van der Waals surface area (Å²) in [5, 5.41) is 11.1. The van der Waals surface area contributed by atoms with Gasteiger partial charge in [-0.25, -0.2) is 0 Å². The van der Waals surface area contributed by atoms with Crippen LogP contribution in [0.15, 0.2) is 28.5 Å². The summed E-state index contributed by atoms with van der Waals surface area (Å²) in [6, 6.07) is 0. The van der Waals surface area contributed by atoms with E-state index in [4.69, 9.17) is 5.21 Å². The molecule has 0 aliphatic carbocycles. The smallest absolute Gasteiger partial charge is 0.0473 e. The van der Waals surface area contributed by atoms with Crippen molar-refractivity contribution in [3.63, 3.8) is 0 Å². The standard InChI is InChI=1S/C11H19NO/c1-10(2)6-4-7-11(3)8-5-9-12-13/h6,8-9,13H,4-5,7H2,1-3H3. The molecule has 2 heteroatoms. The molecule has 13 heavy (non-hydrogen) atoms. The number of rotatable bonds is 5. The predicted molar refractivity (Wildman–Crippen MR) is 57.3 cm³/mol. The van der Waals surface area contributed by atoms with E-state index >= 15 is 0 Å². The molecule has 0 aliphatic rings. The van der Waals surface area contributed by atoms with Crippen LogP contribution in [0, 0.1) is 0 Å². The third-order valence-corrected chi connectivity index (χ3v) is 1.74. The molecule has 0 bridgehead atoms. The summed E-state index contributed by atoms with van der Waals surface area (Å²) in [5.74, 6) is 0. The van der Waals surface area contributed by atoms with Crippen LogP contribution in [-0.4, -0.2) is 11.4 Å². The highest BCUT2D eigenvalue weighted by atomic mass is 16.4. The molecule has 0 aromatic heterocycles. The molecule has 0 unspecified atom stereocenters. The third kappa shape index (κ3) is 8.86. The molecule has 0 heterocycles. The van der Waals surface area contributed by atoms with E-state index in [1.165, 1.54) is 17.4 Å². The SMILES string of the molecule is CC(C)=CCCC(C)=CCC=NO. The number of nitrogens with zero attached hydrogens (tertiary/aromatic N) is 1. The van der Waals surface area contributed by atoms with E-state index < -0.39 is 0 Å². The van der Waals surface area contributed by atoms with Crippen LogP contribution in [0.1, 0.15) is 40.0 Å². The van der Waals surface area contributed by atoms with Crippen LogP contribution >= 0.6 is 0 Å². The van der Waals surface area contributed by atoms with Gasteiger partial charge in [0.15, 0.2) is 0 Å². The van der Waals surface area contributed by atoms with Gasteiger partial charge in [-0.1, -0.05) is 23.3 Å². The number of oxime groups is 1. The molecular weight excluding hydrogens is 162 g/mol. The Labute approximate surface area is 80.7 Å². The van der Waals surface area contributed by atoms with E-state index in [2.05, 4.69) is 38.1 Å². The first-order valence-electron chi connectivity index (χ1n) is 4.61. The zero-order valence-electron chi connectivity index (χ0n) is 8.75. The normalized spacial score (nSPS) is 12.1. The lowest BCUT2D eigenvalue weighted by Crippen LogP contribution is -1.78. The third-order valence-electron chi connectivity index (χ3n) is 1.74. The first kappa shape index (κ1) is 11.9. The molecule has 0 rings (SSSR count). The molecule has 0 spiro atoms. The average Bonchev–Trinajstić information content (AvgIpc) is 2.04. The van der Waals surface area contributed by atoms with Crippen molar-refractivity contribution in [2.45, 2.75) is 40.0 Å². The molecule has 0 saturated heterocycles. The summed E-state index contributed by atoms with van der Waals surface area (Å²) >= 11 is 0. The van der Waals surface area contributed by atoms with Crippen molar-refractivity contribution in [1.82, 2.24) is 0 Å². The Kier molecular flexibility index (Phi) is 6.98. The molecule has 0 aliphatic heterocycles. The van der Waals surface area contributed by atoms with Crippen molar-refractivity contribution >= 4 is 6.21 Å². The van der Waals surface area contributed by atoms with Crippen LogP contribution in [0.25, 0.3) is 0 Å². The maximum atomic E-state index is 8.16. The Morgan fingerprint density at radius 2 is 1.92 bits per heavy atom. The van der Waals surface area contributed by atoms with Crippen molar-refractivity contribution in [3.8, 4) is 0 Å². The fraction of sp³-hybridized carbons (Fsp3) is 0.545. The van der Waals surface area contributed by atoms with Gasteiger partial charge in [0.2, 0.25) is 0 Å². The van der Waals surface area contributed by atoms with Gasteiger partial charge in [-0.2, -0.15) is 0 Å². The van der Waals surface area contributed by atoms with Crippen molar-refractivity contribution in [3.05, 3.63) is 23.3 Å². The zero-order chi connectivity index (χ0) is 10.1. The van der Waals surface area contributed by atoms with Crippen molar-refractivity contribution in [2.24, 2.45) is 5.16 Å². The molecule has 0 aromatic rings. The molecule has 0 aromatic carbocycles. The van der Waals surface area contributed by atoms with Crippen molar-refractivity contribution < 1.29 is 5.21 Å². The van der Waals surface area contributed by atoms with Crippen LogP contribution in [0.2, 0.25) is 0 Å². The van der Waals surface area contributed by atoms with Gasteiger partial charge in [0, 0.05) is 12.6 Å². The highest BCUT2D eigenvalue weighted by Crippen LogP contribution is 2.06. The van der Waals surface area contributed by atoms with E-state index in [9.17, 15) is 0 Å². The van der Waals surface area contributed by atoms with Gasteiger partial charge in [-0.15, -0.1) is 5.16 Å². The topological polar surface area (TPSA) is 32.6 Å². The van der Waals surface area contributed by atoms with Gasteiger partial charge in [0.05, 0.1) is 0 Å². The van der Waals surface area contributed by atoms with E-state index in [-0.39, 0.29) is 0 Å². The fourth-order valence-corrected chi connectivity index (χ4v) is 0.992. The second-order valence-corrected chi connectivity index (χ2v) is 3.40. The lowest BCUT2D eigenvalue weighted by molar-refractivity contribution is 0.321.